The summed E-state index contributed by atoms with van der Waals surface area (Å²) < 4.78 is 24.6. The first-order chi connectivity index (χ1) is 13.9. The highest BCUT2D eigenvalue weighted by molar-refractivity contribution is 8.18. The predicted octanol–water partition coefficient (Wildman–Crippen LogP) is 2.98. The van der Waals surface area contributed by atoms with Crippen molar-refractivity contribution in [3.63, 3.8) is 0 Å². The number of methoxy groups -OCH3 is 1. The zero-order valence-electron chi connectivity index (χ0n) is 15.3. The second-order valence-electron chi connectivity index (χ2n) is 6.12. The van der Waals surface area contributed by atoms with Crippen LogP contribution in [0.3, 0.4) is 0 Å². The summed E-state index contributed by atoms with van der Waals surface area (Å²) in [7, 11) is 1.28. The van der Waals surface area contributed by atoms with Crippen LogP contribution in [-0.2, 0) is 20.7 Å². The lowest BCUT2D eigenvalue weighted by molar-refractivity contribution is -0.142. The number of esters is 1. The normalized spacial score (nSPS) is 15.9. The lowest BCUT2D eigenvalue weighted by Gasteiger charge is -2.10. The van der Waals surface area contributed by atoms with Gasteiger partial charge in [0.05, 0.1) is 12.0 Å². The lowest BCUT2D eigenvalue weighted by atomic mass is 10.1. The largest absolute Gasteiger partial charge is 0.468 e. The first-order valence-corrected chi connectivity index (χ1v) is 9.32. The van der Waals surface area contributed by atoms with E-state index in [1.54, 1.807) is 30.3 Å². The number of nitrogens with two attached hydrogens (primary N) is 1. The van der Waals surface area contributed by atoms with Gasteiger partial charge in [-0.1, -0.05) is 12.1 Å². The van der Waals surface area contributed by atoms with Gasteiger partial charge < -0.3 is 15.2 Å². The SMILES string of the molecule is COC(=O)C(N)Cc1ccc(Oc2ccc(/C=C3\SC(=O)NC3=O)c(F)c2)cc1. The molecule has 9 heteroatoms. The maximum Gasteiger partial charge on any atom is 0.322 e. The van der Waals surface area contributed by atoms with E-state index in [4.69, 9.17) is 10.5 Å². The Morgan fingerprint density at radius 1 is 1.21 bits per heavy atom. The van der Waals surface area contributed by atoms with E-state index in [-0.39, 0.29) is 16.2 Å². The van der Waals surface area contributed by atoms with E-state index < -0.39 is 29.0 Å². The number of rotatable bonds is 6. The van der Waals surface area contributed by atoms with Gasteiger partial charge in [-0.2, -0.15) is 0 Å². The lowest BCUT2D eigenvalue weighted by Crippen LogP contribution is -2.33. The average Bonchev–Trinajstić information content (AvgIpc) is 3.01. The molecule has 1 saturated heterocycles. The number of benzene rings is 2. The van der Waals surface area contributed by atoms with E-state index in [1.807, 2.05) is 0 Å². The maximum absolute atomic E-state index is 14.3. The molecule has 2 amide bonds. The molecule has 3 N–H and O–H groups in total. The Hall–Kier alpha value is -3.17. The van der Waals surface area contributed by atoms with Crippen molar-refractivity contribution in [2.75, 3.05) is 7.11 Å². The van der Waals surface area contributed by atoms with Crippen LogP contribution < -0.4 is 15.8 Å². The van der Waals surface area contributed by atoms with Crippen molar-refractivity contribution in [1.82, 2.24) is 5.32 Å². The second kappa shape index (κ2) is 8.89. The number of amides is 2. The highest BCUT2D eigenvalue weighted by Crippen LogP contribution is 2.29. The van der Waals surface area contributed by atoms with Gasteiger partial charge in [0.15, 0.2) is 0 Å². The first-order valence-electron chi connectivity index (χ1n) is 8.50. The van der Waals surface area contributed by atoms with Gasteiger partial charge in [0, 0.05) is 11.6 Å². The summed E-state index contributed by atoms with van der Waals surface area (Å²) in [5.74, 6) is -0.894. The Kier molecular flexibility index (Phi) is 6.30. The highest BCUT2D eigenvalue weighted by atomic mass is 32.2. The standard InChI is InChI=1S/C20H17FN2O5S/c1-27-19(25)16(22)8-11-2-5-13(6-3-11)28-14-7-4-12(15(21)10-14)9-17-18(24)23-20(26)29-17/h2-7,9-10,16H,8,22H2,1H3,(H,23,24,26)/b17-9-. The van der Waals surface area contributed by atoms with Crippen LogP contribution in [0.25, 0.3) is 6.08 Å². The van der Waals surface area contributed by atoms with Crippen LogP contribution in [-0.4, -0.2) is 30.3 Å². The van der Waals surface area contributed by atoms with Gasteiger partial charge in [-0.3, -0.25) is 19.7 Å². The molecule has 1 unspecified atom stereocenters. The molecule has 0 saturated carbocycles. The molecule has 0 radical (unpaired) electrons. The van der Waals surface area contributed by atoms with Crippen LogP contribution in [0.5, 0.6) is 11.5 Å². The van der Waals surface area contributed by atoms with Crippen molar-refractivity contribution in [2.24, 2.45) is 5.73 Å². The number of hydrogen-bond acceptors (Lipinski definition) is 7. The van der Waals surface area contributed by atoms with E-state index in [0.29, 0.717) is 12.2 Å². The summed E-state index contributed by atoms with van der Waals surface area (Å²) in [5, 5.41) is 1.62. The Bertz CT molecular complexity index is 991. The molecule has 29 heavy (non-hydrogen) atoms. The van der Waals surface area contributed by atoms with Crippen molar-refractivity contribution < 1.29 is 28.2 Å². The van der Waals surface area contributed by atoms with Gasteiger partial charge >= 0.3 is 5.97 Å². The third-order valence-electron chi connectivity index (χ3n) is 4.02. The van der Waals surface area contributed by atoms with Crippen LogP contribution in [0.15, 0.2) is 47.4 Å². The van der Waals surface area contributed by atoms with Crippen molar-refractivity contribution in [1.29, 1.82) is 0 Å². The summed E-state index contributed by atoms with van der Waals surface area (Å²) in [4.78, 5) is 34.2. The van der Waals surface area contributed by atoms with Gasteiger partial charge in [0.2, 0.25) is 0 Å². The van der Waals surface area contributed by atoms with Crippen molar-refractivity contribution in [3.05, 3.63) is 64.3 Å². The molecule has 7 nitrogen and oxygen atoms in total. The molecular formula is C20H17FN2O5S. The maximum atomic E-state index is 14.3. The minimum atomic E-state index is -0.752. The first kappa shape index (κ1) is 20.6. The number of thioether (sulfide) groups is 1. The third kappa shape index (κ3) is 5.21. The summed E-state index contributed by atoms with van der Waals surface area (Å²) in [6.07, 6.45) is 1.63. The highest BCUT2D eigenvalue weighted by Gasteiger charge is 2.25. The van der Waals surface area contributed by atoms with E-state index in [1.165, 1.54) is 25.3 Å². The molecule has 2 aromatic rings. The van der Waals surface area contributed by atoms with E-state index >= 15 is 0 Å². The second-order valence-corrected chi connectivity index (χ2v) is 7.13. The molecule has 1 atom stereocenters. The fraction of sp³-hybridized carbons (Fsp3) is 0.150. The van der Waals surface area contributed by atoms with Crippen LogP contribution in [0.1, 0.15) is 11.1 Å². The van der Waals surface area contributed by atoms with Gasteiger partial charge in [-0.15, -0.1) is 0 Å². The van der Waals surface area contributed by atoms with E-state index in [2.05, 4.69) is 10.1 Å². The molecule has 1 aliphatic rings. The van der Waals surface area contributed by atoms with Crippen LogP contribution >= 0.6 is 11.8 Å². The van der Waals surface area contributed by atoms with Gasteiger partial charge in [-0.25, -0.2) is 4.39 Å². The summed E-state index contributed by atoms with van der Waals surface area (Å²) >= 11 is 0.718. The number of nitrogens with one attached hydrogen (secondary N) is 1. The fourth-order valence-electron chi connectivity index (χ4n) is 2.57. The number of carbonyl (C=O) groups is 3. The van der Waals surface area contributed by atoms with E-state index in [9.17, 15) is 18.8 Å². The van der Waals surface area contributed by atoms with Crippen LogP contribution in [0.2, 0.25) is 0 Å². The number of hydrogen-bond donors (Lipinski definition) is 2. The summed E-state index contributed by atoms with van der Waals surface area (Å²) in [5.41, 5.74) is 6.72. The molecule has 0 spiro atoms. The topological polar surface area (TPSA) is 108 Å². The fourth-order valence-corrected chi connectivity index (χ4v) is 3.24. The predicted molar refractivity (Wildman–Crippen MR) is 106 cm³/mol. The minimum absolute atomic E-state index is 0.128. The molecule has 1 aliphatic heterocycles. The number of carbonyl (C=O) groups excluding carboxylic acids is 3. The Labute approximate surface area is 170 Å². The molecule has 2 aromatic carbocycles. The zero-order chi connectivity index (χ0) is 21.0. The Balaban J connectivity index is 1.67. The third-order valence-corrected chi connectivity index (χ3v) is 4.83. The monoisotopic (exact) mass is 416 g/mol. The molecular weight excluding hydrogens is 399 g/mol. The Morgan fingerprint density at radius 3 is 2.48 bits per heavy atom. The molecule has 0 aliphatic carbocycles. The quantitative estimate of drug-likeness (QED) is 0.551. The number of halogens is 1. The van der Waals surface area contributed by atoms with Crippen molar-refractivity contribution in [3.8, 4) is 11.5 Å². The molecule has 0 aromatic heterocycles. The molecule has 150 valence electrons. The van der Waals surface area contributed by atoms with Crippen LogP contribution in [0.4, 0.5) is 9.18 Å². The smallest absolute Gasteiger partial charge is 0.322 e. The molecule has 1 fully saturated rings. The van der Waals surface area contributed by atoms with Gasteiger partial charge in [0.25, 0.3) is 11.1 Å². The van der Waals surface area contributed by atoms with Gasteiger partial charge in [0.1, 0.15) is 23.4 Å². The minimum Gasteiger partial charge on any atom is -0.468 e. The molecule has 0 bridgehead atoms. The van der Waals surface area contributed by atoms with Gasteiger partial charge in [-0.05, 0) is 54.1 Å². The summed E-state index contributed by atoms with van der Waals surface area (Å²) in [6.45, 7) is 0. The molecule has 3 rings (SSSR count). The zero-order valence-corrected chi connectivity index (χ0v) is 16.1. The van der Waals surface area contributed by atoms with Crippen molar-refractivity contribution in [2.45, 2.75) is 12.5 Å². The van der Waals surface area contributed by atoms with Crippen LogP contribution in [0, 0.1) is 5.82 Å². The molecule has 1 heterocycles. The van der Waals surface area contributed by atoms with Crippen molar-refractivity contribution >= 4 is 35.0 Å². The summed E-state index contributed by atoms with van der Waals surface area (Å²) in [6, 6.07) is 10.3. The number of ether oxygens (including phenoxy) is 2. The van der Waals surface area contributed by atoms with E-state index in [0.717, 1.165) is 17.3 Å². The average molecular weight is 416 g/mol. The number of imide groups is 1. The Morgan fingerprint density at radius 2 is 1.90 bits per heavy atom.